The number of anilines is 2. The summed E-state index contributed by atoms with van der Waals surface area (Å²) in [6.45, 7) is 2.23. The van der Waals surface area contributed by atoms with Crippen LogP contribution >= 0.6 is 0 Å². The summed E-state index contributed by atoms with van der Waals surface area (Å²) >= 11 is 0. The van der Waals surface area contributed by atoms with E-state index in [1.54, 1.807) is 0 Å². The monoisotopic (exact) mass is 206 g/mol. The summed E-state index contributed by atoms with van der Waals surface area (Å²) in [7, 11) is 8.42. The molecular formula is C13H22N2. The zero-order valence-corrected chi connectivity index (χ0v) is 10.5. The number of benzene rings is 1. The van der Waals surface area contributed by atoms with Crippen molar-refractivity contribution in [1.82, 2.24) is 0 Å². The van der Waals surface area contributed by atoms with E-state index in [1.807, 2.05) is 0 Å². The fourth-order valence-electron chi connectivity index (χ4n) is 1.91. The molecule has 84 valence electrons. The van der Waals surface area contributed by atoms with Crippen molar-refractivity contribution in [1.29, 1.82) is 0 Å². The van der Waals surface area contributed by atoms with Gasteiger partial charge in [0.05, 0.1) is 0 Å². The van der Waals surface area contributed by atoms with Crippen molar-refractivity contribution < 1.29 is 0 Å². The van der Waals surface area contributed by atoms with E-state index in [-0.39, 0.29) is 0 Å². The fourth-order valence-corrected chi connectivity index (χ4v) is 1.91. The summed E-state index contributed by atoms with van der Waals surface area (Å²) < 4.78 is 0. The van der Waals surface area contributed by atoms with Crippen molar-refractivity contribution in [3.05, 3.63) is 23.8 Å². The van der Waals surface area contributed by atoms with Gasteiger partial charge in [0, 0.05) is 39.6 Å². The molecule has 0 fully saturated rings. The highest BCUT2D eigenvalue weighted by molar-refractivity contribution is 5.67. The van der Waals surface area contributed by atoms with Crippen LogP contribution in [0.5, 0.6) is 0 Å². The smallest absolute Gasteiger partial charge is 0.0414 e. The molecule has 0 N–H and O–H groups in total. The van der Waals surface area contributed by atoms with E-state index in [0.717, 1.165) is 6.42 Å². The van der Waals surface area contributed by atoms with Crippen molar-refractivity contribution in [3.8, 4) is 0 Å². The molecule has 0 radical (unpaired) electrons. The maximum absolute atomic E-state index is 2.23. The van der Waals surface area contributed by atoms with Crippen LogP contribution in [0.2, 0.25) is 0 Å². The topological polar surface area (TPSA) is 6.48 Å². The molecular weight excluding hydrogens is 184 g/mol. The number of nitrogens with zero attached hydrogens (tertiary/aromatic N) is 2. The second-order valence-electron chi connectivity index (χ2n) is 4.31. The van der Waals surface area contributed by atoms with Crippen molar-refractivity contribution >= 4 is 11.4 Å². The van der Waals surface area contributed by atoms with E-state index in [4.69, 9.17) is 0 Å². The summed E-state index contributed by atoms with van der Waals surface area (Å²) in [4.78, 5) is 4.38. The van der Waals surface area contributed by atoms with Gasteiger partial charge < -0.3 is 9.80 Å². The minimum Gasteiger partial charge on any atom is -0.377 e. The third kappa shape index (κ3) is 2.65. The summed E-state index contributed by atoms with van der Waals surface area (Å²) in [5.74, 6) is 0. The lowest BCUT2D eigenvalue weighted by molar-refractivity contribution is 0.903. The van der Waals surface area contributed by atoms with E-state index >= 15 is 0 Å². The van der Waals surface area contributed by atoms with Crippen LogP contribution in [0.15, 0.2) is 18.2 Å². The van der Waals surface area contributed by atoms with Gasteiger partial charge in [-0.15, -0.1) is 0 Å². The highest BCUT2D eigenvalue weighted by atomic mass is 15.1. The molecule has 0 aromatic heterocycles. The maximum Gasteiger partial charge on any atom is 0.0414 e. The SMILES string of the molecule is CCCc1c(N(C)C)cccc1N(C)C. The van der Waals surface area contributed by atoms with E-state index in [9.17, 15) is 0 Å². The zero-order valence-electron chi connectivity index (χ0n) is 10.5. The Morgan fingerprint density at radius 3 is 1.73 bits per heavy atom. The van der Waals surface area contributed by atoms with Gasteiger partial charge in [-0.3, -0.25) is 0 Å². The van der Waals surface area contributed by atoms with Crippen LogP contribution in [-0.4, -0.2) is 28.2 Å². The molecule has 2 nitrogen and oxygen atoms in total. The van der Waals surface area contributed by atoms with Crippen LogP contribution in [0.1, 0.15) is 18.9 Å². The molecule has 1 aromatic rings. The average molecular weight is 206 g/mol. The maximum atomic E-state index is 2.23. The van der Waals surface area contributed by atoms with Gasteiger partial charge >= 0.3 is 0 Å². The molecule has 2 heteroatoms. The standard InChI is InChI=1S/C13H22N2/c1-6-8-11-12(14(2)3)9-7-10-13(11)15(4)5/h7,9-10H,6,8H2,1-5H3. The van der Waals surface area contributed by atoms with Crippen molar-refractivity contribution in [2.75, 3.05) is 38.0 Å². The molecule has 0 aliphatic rings. The first-order valence-corrected chi connectivity index (χ1v) is 5.54. The van der Waals surface area contributed by atoms with Crippen molar-refractivity contribution in [2.24, 2.45) is 0 Å². The van der Waals surface area contributed by atoms with E-state index in [1.165, 1.54) is 23.4 Å². The summed E-state index contributed by atoms with van der Waals surface area (Å²) in [6, 6.07) is 6.51. The number of rotatable bonds is 4. The Morgan fingerprint density at radius 2 is 1.40 bits per heavy atom. The molecule has 1 rings (SSSR count). The largest absolute Gasteiger partial charge is 0.377 e. The minimum absolute atomic E-state index is 1.14. The molecule has 1 aromatic carbocycles. The lowest BCUT2D eigenvalue weighted by Crippen LogP contribution is -2.16. The molecule has 0 unspecified atom stereocenters. The second kappa shape index (κ2) is 5.06. The van der Waals surface area contributed by atoms with Crippen molar-refractivity contribution in [3.63, 3.8) is 0 Å². The lowest BCUT2D eigenvalue weighted by atomic mass is 10.0. The first kappa shape index (κ1) is 11.9. The van der Waals surface area contributed by atoms with E-state index in [2.05, 4.69) is 63.1 Å². The highest BCUT2D eigenvalue weighted by Crippen LogP contribution is 2.29. The first-order chi connectivity index (χ1) is 7.07. The Bertz CT molecular complexity index is 290. The van der Waals surface area contributed by atoms with E-state index < -0.39 is 0 Å². The minimum atomic E-state index is 1.14. The van der Waals surface area contributed by atoms with Crippen LogP contribution in [0.4, 0.5) is 11.4 Å². The van der Waals surface area contributed by atoms with Gasteiger partial charge in [-0.25, -0.2) is 0 Å². The molecule has 15 heavy (non-hydrogen) atoms. The summed E-state index contributed by atoms with van der Waals surface area (Å²) in [5, 5.41) is 0. The van der Waals surface area contributed by atoms with Crippen LogP contribution in [-0.2, 0) is 6.42 Å². The first-order valence-electron chi connectivity index (χ1n) is 5.54. The lowest BCUT2D eigenvalue weighted by Gasteiger charge is -2.23. The van der Waals surface area contributed by atoms with Gasteiger partial charge in [-0.1, -0.05) is 19.4 Å². The van der Waals surface area contributed by atoms with Gasteiger partial charge in [0.25, 0.3) is 0 Å². The van der Waals surface area contributed by atoms with Crippen LogP contribution in [0.3, 0.4) is 0 Å². The van der Waals surface area contributed by atoms with E-state index in [0.29, 0.717) is 0 Å². The average Bonchev–Trinajstić information content (AvgIpc) is 2.17. The molecule has 0 amide bonds. The van der Waals surface area contributed by atoms with Crippen LogP contribution in [0, 0.1) is 0 Å². The van der Waals surface area contributed by atoms with Gasteiger partial charge in [0.2, 0.25) is 0 Å². The quantitative estimate of drug-likeness (QED) is 0.747. The fraction of sp³-hybridized carbons (Fsp3) is 0.538. The van der Waals surface area contributed by atoms with Gasteiger partial charge in [0.1, 0.15) is 0 Å². The normalized spacial score (nSPS) is 10.2. The highest BCUT2D eigenvalue weighted by Gasteiger charge is 2.09. The number of hydrogen-bond acceptors (Lipinski definition) is 2. The number of hydrogen-bond donors (Lipinski definition) is 0. The zero-order chi connectivity index (χ0) is 11.4. The third-order valence-corrected chi connectivity index (χ3v) is 2.59. The molecule has 0 saturated heterocycles. The van der Waals surface area contributed by atoms with Gasteiger partial charge in [0.15, 0.2) is 0 Å². The Balaban J connectivity index is 3.21. The molecule has 0 aliphatic carbocycles. The second-order valence-corrected chi connectivity index (χ2v) is 4.31. The predicted octanol–water partition coefficient (Wildman–Crippen LogP) is 2.77. The van der Waals surface area contributed by atoms with Crippen LogP contribution in [0.25, 0.3) is 0 Å². The Morgan fingerprint density at radius 1 is 0.933 bits per heavy atom. The molecule has 0 atom stereocenters. The summed E-state index contributed by atoms with van der Waals surface area (Å²) in [6.07, 6.45) is 2.33. The molecule has 0 saturated carbocycles. The molecule has 0 bridgehead atoms. The van der Waals surface area contributed by atoms with Crippen molar-refractivity contribution in [2.45, 2.75) is 19.8 Å². The Labute approximate surface area is 93.5 Å². The molecule has 0 spiro atoms. The third-order valence-electron chi connectivity index (χ3n) is 2.59. The molecule has 0 aliphatic heterocycles. The summed E-state index contributed by atoms with van der Waals surface area (Å²) in [5.41, 5.74) is 4.13. The Kier molecular flexibility index (Phi) is 4.01. The van der Waals surface area contributed by atoms with Crippen LogP contribution < -0.4 is 9.80 Å². The van der Waals surface area contributed by atoms with Gasteiger partial charge in [-0.2, -0.15) is 0 Å². The molecule has 0 heterocycles. The Hall–Kier alpha value is -1.18. The predicted molar refractivity (Wildman–Crippen MR) is 69.1 cm³/mol. The van der Waals surface area contributed by atoms with Gasteiger partial charge in [-0.05, 0) is 24.1 Å².